The van der Waals surface area contributed by atoms with Crippen LogP contribution in [0.4, 0.5) is 0 Å². The van der Waals surface area contributed by atoms with Crippen molar-refractivity contribution in [2.75, 3.05) is 18.6 Å². The first-order valence-electron chi connectivity index (χ1n) is 5.26. The summed E-state index contributed by atoms with van der Waals surface area (Å²) in [5.41, 5.74) is 0. The van der Waals surface area contributed by atoms with Gasteiger partial charge in [-0.15, -0.1) is 0 Å². The van der Waals surface area contributed by atoms with Crippen LogP contribution in [-0.4, -0.2) is 36.8 Å². The number of hydrogen-bond donors (Lipinski definition) is 1. The van der Waals surface area contributed by atoms with E-state index in [1.54, 1.807) is 0 Å². The van der Waals surface area contributed by atoms with E-state index in [0.29, 0.717) is 12.1 Å². The Morgan fingerprint density at radius 3 is 2.62 bits per heavy atom. The minimum absolute atomic E-state index is 0.472. The largest absolute Gasteiger partial charge is 0.380 e. The molecule has 0 amide bonds. The Bertz CT molecular complexity index is 161. The Labute approximate surface area is 84.8 Å². The molecule has 0 radical (unpaired) electrons. The smallest absolute Gasteiger partial charge is 0.0724 e. The van der Waals surface area contributed by atoms with E-state index in [1.807, 2.05) is 18.9 Å². The highest BCUT2D eigenvalue weighted by Gasteiger charge is 2.28. The molecule has 2 aliphatic rings. The fourth-order valence-corrected chi connectivity index (χ4v) is 2.87. The molecule has 1 aliphatic heterocycles. The van der Waals surface area contributed by atoms with Crippen LogP contribution in [-0.2, 0) is 4.74 Å². The molecular weight excluding hydrogens is 182 g/mol. The topological polar surface area (TPSA) is 21.3 Å². The van der Waals surface area contributed by atoms with E-state index in [1.165, 1.54) is 37.2 Å². The molecule has 0 aromatic carbocycles. The van der Waals surface area contributed by atoms with E-state index in [9.17, 15) is 0 Å². The van der Waals surface area contributed by atoms with Crippen LogP contribution >= 0.6 is 11.8 Å². The summed E-state index contributed by atoms with van der Waals surface area (Å²) in [5.74, 6) is 2.60. The van der Waals surface area contributed by atoms with Crippen molar-refractivity contribution in [1.29, 1.82) is 0 Å². The zero-order valence-corrected chi connectivity index (χ0v) is 9.11. The molecule has 2 rings (SSSR count). The molecule has 1 heterocycles. The van der Waals surface area contributed by atoms with Crippen molar-refractivity contribution in [3.63, 3.8) is 0 Å². The van der Waals surface area contributed by atoms with Gasteiger partial charge >= 0.3 is 0 Å². The van der Waals surface area contributed by atoms with Crippen LogP contribution in [0, 0.1) is 0 Å². The molecular formula is C10H19NOS. The summed E-state index contributed by atoms with van der Waals surface area (Å²) in [6, 6.07) is 1.40. The van der Waals surface area contributed by atoms with Gasteiger partial charge in [0.2, 0.25) is 0 Å². The predicted octanol–water partition coefficient (Wildman–Crippen LogP) is 1.65. The number of thioether (sulfide) groups is 1. The van der Waals surface area contributed by atoms with Crippen molar-refractivity contribution in [3.05, 3.63) is 0 Å². The molecule has 0 unspecified atom stereocenters. The maximum Gasteiger partial charge on any atom is 0.0724 e. The van der Waals surface area contributed by atoms with E-state index in [2.05, 4.69) is 5.32 Å². The first kappa shape index (κ1) is 9.81. The number of ether oxygens (including phenoxy) is 1. The maximum absolute atomic E-state index is 5.50. The molecule has 3 heteroatoms. The predicted molar refractivity (Wildman–Crippen MR) is 57.3 cm³/mol. The number of hydrogen-bond acceptors (Lipinski definition) is 3. The molecule has 2 nitrogen and oxygen atoms in total. The molecule has 13 heavy (non-hydrogen) atoms. The lowest BCUT2D eigenvalue weighted by molar-refractivity contribution is 0.0391. The van der Waals surface area contributed by atoms with Gasteiger partial charge in [-0.3, -0.25) is 0 Å². The Balaban J connectivity index is 1.79. The first-order chi connectivity index (χ1) is 6.40. The van der Waals surface area contributed by atoms with E-state index >= 15 is 0 Å². The highest BCUT2D eigenvalue weighted by molar-refractivity contribution is 8.00. The summed E-state index contributed by atoms with van der Waals surface area (Å²) in [4.78, 5) is 0. The molecule has 1 aliphatic carbocycles. The van der Waals surface area contributed by atoms with Crippen molar-refractivity contribution >= 4 is 11.8 Å². The zero-order chi connectivity index (χ0) is 9.10. The van der Waals surface area contributed by atoms with Crippen molar-refractivity contribution in [1.82, 2.24) is 5.32 Å². The highest BCUT2D eigenvalue weighted by atomic mass is 32.2. The van der Waals surface area contributed by atoms with Crippen molar-refractivity contribution < 1.29 is 4.74 Å². The summed E-state index contributed by atoms with van der Waals surface area (Å²) < 4.78 is 5.50. The van der Waals surface area contributed by atoms with Gasteiger partial charge in [0, 0.05) is 30.7 Å². The van der Waals surface area contributed by atoms with Crippen molar-refractivity contribution in [2.24, 2.45) is 0 Å². The minimum Gasteiger partial charge on any atom is -0.380 e. The lowest BCUT2D eigenvalue weighted by Crippen LogP contribution is -2.52. The third-order valence-electron chi connectivity index (χ3n) is 3.09. The van der Waals surface area contributed by atoms with Crippen LogP contribution in [0.3, 0.4) is 0 Å². The molecule has 0 aromatic heterocycles. The van der Waals surface area contributed by atoms with Crippen LogP contribution in [0.1, 0.15) is 25.7 Å². The SMILES string of the molecule is CO[C@H]1CCCC[C@@H]1NC1CSC1. The molecule has 1 saturated carbocycles. The van der Waals surface area contributed by atoms with E-state index < -0.39 is 0 Å². The molecule has 0 spiro atoms. The summed E-state index contributed by atoms with van der Waals surface area (Å²) in [6.07, 6.45) is 5.74. The summed E-state index contributed by atoms with van der Waals surface area (Å²) >= 11 is 2.04. The quantitative estimate of drug-likeness (QED) is 0.750. The van der Waals surface area contributed by atoms with Gasteiger partial charge < -0.3 is 10.1 Å². The number of nitrogens with one attached hydrogen (secondary N) is 1. The standard InChI is InChI=1S/C10H19NOS/c1-12-10-5-3-2-4-9(10)11-8-6-13-7-8/h8-11H,2-7H2,1H3/t9-,10-/m0/s1. The molecule has 2 fully saturated rings. The Morgan fingerprint density at radius 1 is 1.23 bits per heavy atom. The first-order valence-corrected chi connectivity index (χ1v) is 6.42. The Morgan fingerprint density at radius 2 is 2.00 bits per heavy atom. The zero-order valence-electron chi connectivity index (χ0n) is 8.29. The van der Waals surface area contributed by atoms with Crippen LogP contribution in [0.25, 0.3) is 0 Å². The molecule has 76 valence electrons. The van der Waals surface area contributed by atoms with Crippen molar-refractivity contribution in [2.45, 2.75) is 43.9 Å². The monoisotopic (exact) mass is 201 g/mol. The van der Waals surface area contributed by atoms with Crippen molar-refractivity contribution in [3.8, 4) is 0 Å². The summed E-state index contributed by atoms with van der Waals surface area (Å²) in [6.45, 7) is 0. The van der Waals surface area contributed by atoms with Crippen LogP contribution in [0.5, 0.6) is 0 Å². The average Bonchev–Trinajstić information content (AvgIpc) is 2.12. The second-order valence-electron chi connectivity index (χ2n) is 4.07. The van der Waals surface area contributed by atoms with E-state index in [-0.39, 0.29) is 0 Å². The average molecular weight is 201 g/mol. The molecule has 0 bridgehead atoms. The van der Waals surface area contributed by atoms with Gasteiger partial charge in [-0.05, 0) is 12.8 Å². The second-order valence-corrected chi connectivity index (χ2v) is 5.14. The third-order valence-corrected chi connectivity index (χ3v) is 4.37. The van der Waals surface area contributed by atoms with Crippen LogP contribution in [0.2, 0.25) is 0 Å². The lowest BCUT2D eigenvalue weighted by atomic mass is 9.92. The fraction of sp³-hybridized carbons (Fsp3) is 1.00. The van der Waals surface area contributed by atoms with Gasteiger partial charge in [-0.1, -0.05) is 12.8 Å². The minimum atomic E-state index is 0.472. The van der Waals surface area contributed by atoms with Gasteiger partial charge in [-0.25, -0.2) is 0 Å². The van der Waals surface area contributed by atoms with E-state index in [4.69, 9.17) is 4.74 Å². The molecule has 1 N–H and O–H groups in total. The second kappa shape index (κ2) is 4.67. The van der Waals surface area contributed by atoms with Gasteiger partial charge in [-0.2, -0.15) is 11.8 Å². The Hall–Kier alpha value is 0.270. The van der Waals surface area contributed by atoms with Gasteiger partial charge in [0.15, 0.2) is 0 Å². The maximum atomic E-state index is 5.50. The van der Waals surface area contributed by atoms with E-state index in [0.717, 1.165) is 6.04 Å². The number of rotatable bonds is 3. The van der Waals surface area contributed by atoms with Gasteiger partial charge in [0.25, 0.3) is 0 Å². The fourth-order valence-electron chi connectivity index (χ4n) is 2.20. The number of methoxy groups -OCH3 is 1. The van der Waals surface area contributed by atoms with Gasteiger partial charge in [0.1, 0.15) is 0 Å². The van der Waals surface area contributed by atoms with Crippen LogP contribution in [0.15, 0.2) is 0 Å². The molecule has 1 saturated heterocycles. The Kier molecular flexibility index (Phi) is 3.52. The highest BCUT2D eigenvalue weighted by Crippen LogP contribution is 2.24. The lowest BCUT2D eigenvalue weighted by Gasteiger charge is -2.37. The van der Waals surface area contributed by atoms with Crippen LogP contribution < -0.4 is 5.32 Å². The normalized spacial score (nSPS) is 35.8. The third kappa shape index (κ3) is 2.39. The molecule has 0 aromatic rings. The molecule has 2 atom stereocenters. The summed E-state index contributed by atoms with van der Waals surface area (Å²) in [7, 11) is 1.85. The van der Waals surface area contributed by atoms with Gasteiger partial charge in [0.05, 0.1) is 6.10 Å². The summed E-state index contributed by atoms with van der Waals surface area (Å²) in [5, 5.41) is 3.71.